The highest BCUT2D eigenvalue weighted by Crippen LogP contribution is 2.30. The van der Waals surface area contributed by atoms with E-state index >= 15 is 0 Å². The van der Waals surface area contributed by atoms with Crippen molar-refractivity contribution in [3.63, 3.8) is 0 Å². The van der Waals surface area contributed by atoms with E-state index in [1.54, 1.807) is 0 Å². The molecule has 1 aromatic carbocycles. The van der Waals surface area contributed by atoms with Crippen molar-refractivity contribution in [2.24, 2.45) is 0 Å². The summed E-state index contributed by atoms with van der Waals surface area (Å²) >= 11 is 3.18. The number of ether oxygens (including phenoxy) is 1. The molecular formula is C17H23BrF2N2O2. The highest BCUT2D eigenvalue weighted by atomic mass is 79.9. The molecule has 4 nitrogen and oxygen atoms in total. The molecule has 0 aliphatic heterocycles. The fourth-order valence-corrected chi connectivity index (χ4v) is 3.33. The Morgan fingerprint density at radius 3 is 2.54 bits per heavy atom. The number of hydrogen-bond acceptors (Lipinski definition) is 3. The van der Waals surface area contributed by atoms with Gasteiger partial charge in [-0.1, -0.05) is 0 Å². The van der Waals surface area contributed by atoms with Gasteiger partial charge in [0.25, 0.3) is 0 Å². The lowest BCUT2D eigenvalue weighted by molar-refractivity contribution is 0.0492. The zero-order chi connectivity index (χ0) is 17.9. The first-order valence-electron chi connectivity index (χ1n) is 8.04. The van der Waals surface area contributed by atoms with E-state index in [9.17, 15) is 13.6 Å². The molecule has 2 unspecified atom stereocenters. The lowest BCUT2D eigenvalue weighted by Crippen LogP contribution is -2.44. The van der Waals surface area contributed by atoms with E-state index in [0.29, 0.717) is 10.9 Å². The molecule has 2 atom stereocenters. The van der Waals surface area contributed by atoms with Crippen LogP contribution in [0.15, 0.2) is 16.6 Å². The maximum atomic E-state index is 13.9. The number of hydrogen-bond donors (Lipinski definition) is 2. The molecule has 0 spiro atoms. The molecule has 2 N–H and O–H groups in total. The molecule has 1 aromatic rings. The van der Waals surface area contributed by atoms with E-state index in [1.807, 2.05) is 20.8 Å². The minimum absolute atomic E-state index is 0.00468. The molecule has 2 rings (SSSR count). The van der Waals surface area contributed by atoms with Crippen molar-refractivity contribution in [3.8, 4) is 0 Å². The standard InChI is InChI=1S/C17H23BrF2N2O2/c1-17(2,3)24-16(23)22-12-6-4-5-11(9-12)21-15-13(18)7-10(19)8-14(15)20/h7-8,11-12,21H,4-6,9H2,1-3H3,(H,22,23). The lowest BCUT2D eigenvalue weighted by atomic mass is 9.91. The number of carbonyl (C=O) groups is 1. The molecule has 1 amide bonds. The van der Waals surface area contributed by atoms with Crippen LogP contribution in [0.4, 0.5) is 19.3 Å². The zero-order valence-corrected chi connectivity index (χ0v) is 15.7. The van der Waals surface area contributed by atoms with Crippen LogP contribution in [-0.4, -0.2) is 23.8 Å². The Morgan fingerprint density at radius 2 is 1.92 bits per heavy atom. The Kier molecular flexibility index (Phi) is 6.06. The zero-order valence-electron chi connectivity index (χ0n) is 14.1. The van der Waals surface area contributed by atoms with E-state index in [2.05, 4.69) is 26.6 Å². The molecule has 1 saturated carbocycles. The van der Waals surface area contributed by atoms with Gasteiger partial charge < -0.3 is 15.4 Å². The van der Waals surface area contributed by atoms with Crippen molar-refractivity contribution < 1.29 is 18.3 Å². The third kappa shape index (κ3) is 5.61. The molecule has 24 heavy (non-hydrogen) atoms. The molecule has 1 aliphatic rings. The second-order valence-electron chi connectivity index (χ2n) is 7.10. The predicted molar refractivity (Wildman–Crippen MR) is 93.1 cm³/mol. The summed E-state index contributed by atoms with van der Waals surface area (Å²) in [6, 6.07) is 2.04. The van der Waals surface area contributed by atoms with Gasteiger partial charge in [-0.15, -0.1) is 0 Å². The van der Waals surface area contributed by atoms with E-state index < -0.39 is 23.3 Å². The Morgan fingerprint density at radius 1 is 1.25 bits per heavy atom. The predicted octanol–water partition coefficient (Wildman–Crippen LogP) is 4.98. The SMILES string of the molecule is CC(C)(C)OC(=O)NC1CCCC(Nc2c(F)cc(F)cc2Br)C1. The fourth-order valence-electron chi connectivity index (χ4n) is 2.81. The number of alkyl carbamates (subject to hydrolysis) is 1. The van der Waals surface area contributed by atoms with E-state index in [0.717, 1.165) is 25.3 Å². The van der Waals surface area contributed by atoms with Crippen LogP contribution in [-0.2, 0) is 4.74 Å². The number of amides is 1. The van der Waals surface area contributed by atoms with Crippen molar-refractivity contribution in [1.29, 1.82) is 0 Å². The average molecular weight is 405 g/mol. The number of anilines is 1. The van der Waals surface area contributed by atoms with Crippen molar-refractivity contribution >= 4 is 27.7 Å². The van der Waals surface area contributed by atoms with Crippen LogP contribution < -0.4 is 10.6 Å². The lowest BCUT2D eigenvalue weighted by Gasteiger charge is -2.32. The molecule has 0 radical (unpaired) electrons. The number of benzene rings is 1. The first-order chi connectivity index (χ1) is 11.1. The summed E-state index contributed by atoms with van der Waals surface area (Å²) < 4.78 is 32.7. The van der Waals surface area contributed by atoms with Crippen LogP contribution in [0.3, 0.4) is 0 Å². The summed E-state index contributed by atoms with van der Waals surface area (Å²) in [5, 5.41) is 5.98. The monoisotopic (exact) mass is 404 g/mol. The van der Waals surface area contributed by atoms with Gasteiger partial charge in [0.2, 0.25) is 0 Å². The summed E-state index contributed by atoms with van der Waals surface area (Å²) in [5.74, 6) is -1.26. The van der Waals surface area contributed by atoms with Crippen LogP contribution in [0.2, 0.25) is 0 Å². The molecule has 1 fully saturated rings. The average Bonchev–Trinajstić information content (AvgIpc) is 2.41. The third-order valence-electron chi connectivity index (χ3n) is 3.75. The van der Waals surface area contributed by atoms with Gasteiger partial charge in [-0.2, -0.15) is 0 Å². The quantitative estimate of drug-likeness (QED) is 0.746. The molecule has 0 heterocycles. The van der Waals surface area contributed by atoms with Gasteiger partial charge in [0.1, 0.15) is 17.2 Å². The van der Waals surface area contributed by atoms with Crippen LogP contribution in [0, 0.1) is 11.6 Å². The van der Waals surface area contributed by atoms with E-state index in [1.165, 1.54) is 6.07 Å². The Bertz CT molecular complexity index is 582. The molecule has 0 saturated heterocycles. The summed E-state index contributed by atoms with van der Waals surface area (Å²) in [4.78, 5) is 11.9. The highest BCUT2D eigenvalue weighted by Gasteiger charge is 2.26. The maximum Gasteiger partial charge on any atom is 0.407 e. The first kappa shape index (κ1) is 19.0. The molecule has 7 heteroatoms. The largest absolute Gasteiger partial charge is 0.444 e. The van der Waals surface area contributed by atoms with Crippen LogP contribution in [0.5, 0.6) is 0 Å². The van der Waals surface area contributed by atoms with Crippen molar-refractivity contribution in [3.05, 3.63) is 28.2 Å². The minimum Gasteiger partial charge on any atom is -0.444 e. The van der Waals surface area contributed by atoms with Crippen LogP contribution in [0.1, 0.15) is 46.5 Å². The van der Waals surface area contributed by atoms with Crippen molar-refractivity contribution in [1.82, 2.24) is 5.32 Å². The summed E-state index contributed by atoms with van der Waals surface area (Å²) in [5.41, 5.74) is -0.294. The van der Waals surface area contributed by atoms with Crippen molar-refractivity contribution in [2.75, 3.05) is 5.32 Å². The second-order valence-corrected chi connectivity index (χ2v) is 7.95. The van der Waals surface area contributed by atoms with Gasteiger partial charge in [-0.3, -0.25) is 0 Å². The Labute approximate surface area is 149 Å². The van der Waals surface area contributed by atoms with Crippen molar-refractivity contribution in [2.45, 2.75) is 64.1 Å². The smallest absolute Gasteiger partial charge is 0.407 e. The topological polar surface area (TPSA) is 50.4 Å². The number of nitrogens with one attached hydrogen (secondary N) is 2. The minimum atomic E-state index is -0.635. The molecule has 1 aliphatic carbocycles. The number of rotatable bonds is 3. The van der Waals surface area contributed by atoms with Crippen LogP contribution in [0.25, 0.3) is 0 Å². The van der Waals surface area contributed by atoms with Crippen LogP contribution >= 0.6 is 15.9 Å². The molecule has 134 valence electrons. The van der Waals surface area contributed by atoms with Gasteiger partial charge in [0.15, 0.2) is 0 Å². The first-order valence-corrected chi connectivity index (χ1v) is 8.84. The summed E-state index contributed by atoms with van der Waals surface area (Å²) in [6.07, 6.45) is 2.82. The Balaban J connectivity index is 1.95. The van der Waals surface area contributed by atoms with Gasteiger partial charge >= 0.3 is 6.09 Å². The fraction of sp³-hybridized carbons (Fsp3) is 0.588. The van der Waals surface area contributed by atoms with Gasteiger partial charge in [-0.05, 0) is 68.5 Å². The summed E-state index contributed by atoms with van der Waals surface area (Å²) in [6.45, 7) is 5.44. The van der Waals surface area contributed by atoms with E-state index in [4.69, 9.17) is 4.74 Å². The van der Waals surface area contributed by atoms with E-state index in [-0.39, 0.29) is 17.8 Å². The van der Waals surface area contributed by atoms with Gasteiger partial charge in [0.05, 0.1) is 5.69 Å². The molecular weight excluding hydrogens is 382 g/mol. The second kappa shape index (κ2) is 7.68. The highest BCUT2D eigenvalue weighted by molar-refractivity contribution is 9.10. The third-order valence-corrected chi connectivity index (χ3v) is 4.38. The number of halogens is 3. The normalized spacial score (nSPS) is 21.2. The van der Waals surface area contributed by atoms with Gasteiger partial charge in [-0.25, -0.2) is 13.6 Å². The number of carbonyl (C=O) groups excluding carboxylic acids is 1. The Hall–Kier alpha value is -1.37. The van der Waals surface area contributed by atoms with Gasteiger partial charge in [0, 0.05) is 22.6 Å². The maximum absolute atomic E-state index is 13.9. The molecule has 0 aromatic heterocycles. The molecule has 0 bridgehead atoms. The summed E-state index contributed by atoms with van der Waals surface area (Å²) in [7, 11) is 0.